The first-order chi connectivity index (χ1) is 13.4. The van der Waals surface area contributed by atoms with Crippen molar-refractivity contribution in [1.82, 2.24) is 9.47 Å². The van der Waals surface area contributed by atoms with E-state index in [1.807, 2.05) is 0 Å². The Balaban J connectivity index is 1.82. The third-order valence-corrected chi connectivity index (χ3v) is 6.07. The lowest BCUT2D eigenvalue weighted by Gasteiger charge is -2.36. The molecule has 28 heavy (non-hydrogen) atoms. The van der Waals surface area contributed by atoms with Crippen molar-refractivity contribution < 1.29 is 23.1 Å². The molecule has 6 nitrogen and oxygen atoms in total. The lowest BCUT2D eigenvalue weighted by Crippen LogP contribution is -2.47. The predicted octanol–water partition coefficient (Wildman–Crippen LogP) is 2.35. The number of pyridine rings is 1. The fourth-order valence-electron chi connectivity index (χ4n) is 4.52. The predicted molar refractivity (Wildman–Crippen MR) is 95.5 cm³/mol. The maximum absolute atomic E-state index is 15.6. The standard InChI is InChI=1S/C19H18F3N3O3/c20-13-12-16(25(9-1-2-9)8-11(18(12)26)19(27)28)15(22)17(14(13)21)24-6-5-23-4-3-10(24)7-23/h8-10H,1-7H2,(H,27,28). The number of fused-ring (bicyclic) bond motifs is 3. The van der Waals surface area contributed by atoms with Gasteiger partial charge in [0.1, 0.15) is 11.3 Å². The van der Waals surface area contributed by atoms with Crippen LogP contribution >= 0.6 is 0 Å². The molecule has 148 valence electrons. The summed E-state index contributed by atoms with van der Waals surface area (Å²) in [5, 5.41) is 8.45. The molecule has 1 aromatic heterocycles. The second-order valence-electron chi connectivity index (χ2n) is 7.77. The van der Waals surface area contributed by atoms with Gasteiger partial charge in [-0.15, -0.1) is 0 Å². The molecule has 5 rings (SSSR count). The molecule has 2 unspecified atom stereocenters. The first-order valence-corrected chi connectivity index (χ1v) is 9.36. The van der Waals surface area contributed by atoms with Crippen molar-refractivity contribution in [3.63, 3.8) is 0 Å². The van der Waals surface area contributed by atoms with Crippen LogP contribution in [-0.4, -0.2) is 52.8 Å². The minimum absolute atomic E-state index is 0.117. The van der Waals surface area contributed by atoms with E-state index in [-0.39, 0.29) is 17.6 Å². The third kappa shape index (κ3) is 2.38. The maximum Gasteiger partial charge on any atom is 0.341 e. The van der Waals surface area contributed by atoms with Crippen molar-refractivity contribution in [2.75, 3.05) is 31.1 Å². The van der Waals surface area contributed by atoms with E-state index in [1.165, 1.54) is 4.57 Å². The number of halogens is 3. The van der Waals surface area contributed by atoms with Crippen LogP contribution in [-0.2, 0) is 0 Å². The normalized spacial score (nSPS) is 24.2. The van der Waals surface area contributed by atoms with Crippen molar-refractivity contribution in [3.05, 3.63) is 39.4 Å². The molecule has 2 aliphatic heterocycles. The number of carboxylic acid groups (broad SMARTS) is 1. The molecular formula is C19H18F3N3O3. The molecule has 3 heterocycles. The second-order valence-corrected chi connectivity index (χ2v) is 7.77. The highest BCUT2D eigenvalue weighted by Gasteiger charge is 2.38. The van der Waals surface area contributed by atoms with Gasteiger partial charge in [0.05, 0.1) is 10.9 Å². The van der Waals surface area contributed by atoms with Gasteiger partial charge in [-0.05, 0) is 19.3 Å². The van der Waals surface area contributed by atoms with Gasteiger partial charge in [0.2, 0.25) is 5.43 Å². The molecule has 2 atom stereocenters. The van der Waals surface area contributed by atoms with E-state index in [2.05, 4.69) is 4.90 Å². The molecule has 1 aromatic carbocycles. The van der Waals surface area contributed by atoms with E-state index >= 15 is 8.78 Å². The summed E-state index contributed by atoms with van der Waals surface area (Å²) in [5.74, 6) is -5.44. The third-order valence-electron chi connectivity index (χ3n) is 6.07. The molecule has 9 heteroatoms. The summed E-state index contributed by atoms with van der Waals surface area (Å²) < 4.78 is 46.9. The van der Waals surface area contributed by atoms with Crippen LogP contribution in [0.1, 0.15) is 35.7 Å². The Morgan fingerprint density at radius 1 is 1.00 bits per heavy atom. The Hall–Kier alpha value is -2.55. The zero-order chi connectivity index (χ0) is 19.7. The average molecular weight is 393 g/mol. The van der Waals surface area contributed by atoms with Crippen molar-refractivity contribution >= 4 is 22.6 Å². The molecule has 1 N–H and O–H groups in total. The summed E-state index contributed by atoms with van der Waals surface area (Å²) in [7, 11) is 0. The number of carbonyl (C=O) groups is 1. The van der Waals surface area contributed by atoms with Crippen molar-refractivity contribution in [1.29, 1.82) is 0 Å². The van der Waals surface area contributed by atoms with Crippen LogP contribution in [0.15, 0.2) is 11.0 Å². The molecule has 2 saturated heterocycles. The SMILES string of the molecule is O=C(O)c1cn(C2CC2)c2c(F)c(N3CCN4CCC3C4)c(F)c(F)c2c1=O. The number of anilines is 1. The molecule has 2 aromatic rings. The van der Waals surface area contributed by atoms with E-state index in [9.17, 15) is 19.1 Å². The molecule has 3 aliphatic rings. The van der Waals surface area contributed by atoms with E-state index in [1.54, 1.807) is 4.90 Å². The van der Waals surface area contributed by atoms with Gasteiger partial charge in [0, 0.05) is 44.5 Å². The maximum atomic E-state index is 15.6. The van der Waals surface area contributed by atoms with Crippen LogP contribution in [0.5, 0.6) is 0 Å². The largest absolute Gasteiger partial charge is 0.477 e. The summed E-state index contributed by atoms with van der Waals surface area (Å²) in [5.41, 5.74) is -2.68. The fraction of sp³-hybridized carbons (Fsp3) is 0.474. The Morgan fingerprint density at radius 2 is 1.75 bits per heavy atom. The van der Waals surface area contributed by atoms with Gasteiger partial charge < -0.3 is 14.6 Å². The van der Waals surface area contributed by atoms with Crippen molar-refractivity contribution in [2.45, 2.75) is 31.3 Å². The molecule has 0 radical (unpaired) electrons. The Kier molecular flexibility index (Phi) is 3.74. The monoisotopic (exact) mass is 393 g/mol. The summed E-state index contributed by atoms with van der Waals surface area (Å²) in [4.78, 5) is 27.7. The van der Waals surface area contributed by atoms with Crippen LogP contribution < -0.4 is 10.3 Å². The number of nitrogens with zero attached hydrogens (tertiary/aromatic N) is 3. The zero-order valence-electron chi connectivity index (χ0n) is 14.9. The summed E-state index contributed by atoms with van der Waals surface area (Å²) in [6.45, 7) is 2.48. The lowest BCUT2D eigenvalue weighted by molar-refractivity contribution is 0.0694. The first kappa shape index (κ1) is 17.5. The van der Waals surface area contributed by atoms with Crippen molar-refractivity contribution in [3.8, 4) is 0 Å². The number of hydrogen-bond acceptors (Lipinski definition) is 4. The fourth-order valence-corrected chi connectivity index (χ4v) is 4.52. The molecule has 2 bridgehead atoms. The molecule has 3 fully saturated rings. The van der Waals surface area contributed by atoms with Crippen LogP contribution in [0, 0.1) is 17.5 Å². The van der Waals surface area contributed by atoms with Gasteiger partial charge in [-0.3, -0.25) is 9.69 Å². The molecular weight excluding hydrogens is 375 g/mol. The van der Waals surface area contributed by atoms with Crippen LogP contribution in [0.3, 0.4) is 0 Å². The number of rotatable bonds is 3. The summed E-state index contributed by atoms with van der Waals surface area (Å²) >= 11 is 0. The number of aromatic carboxylic acids is 1. The number of piperazine rings is 1. The topological polar surface area (TPSA) is 65.8 Å². The molecule has 0 spiro atoms. The van der Waals surface area contributed by atoms with Gasteiger partial charge >= 0.3 is 5.97 Å². The van der Waals surface area contributed by atoms with Crippen molar-refractivity contribution in [2.24, 2.45) is 0 Å². The molecule has 1 aliphatic carbocycles. The highest BCUT2D eigenvalue weighted by Crippen LogP contribution is 2.41. The number of hydrogen-bond donors (Lipinski definition) is 1. The van der Waals surface area contributed by atoms with Crippen LogP contribution in [0.25, 0.3) is 10.9 Å². The van der Waals surface area contributed by atoms with Gasteiger partial charge in [0.25, 0.3) is 0 Å². The van der Waals surface area contributed by atoms with Gasteiger partial charge in [-0.2, -0.15) is 0 Å². The van der Waals surface area contributed by atoms with Gasteiger partial charge in [-0.25, -0.2) is 18.0 Å². The average Bonchev–Trinajstić information content (AvgIpc) is 3.44. The highest BCUT2D eigenvalue weighted by molar-refractivity contribution is 5.94. The molecule has 0 amide bonds. The highest BCUT2D eigenvalue weighted by atomic mass is 19.2. The van der Waals surface area contributed by atoms with Gasteiger partial charge in [-0.1, -0.05) is 0 Å². The van der Waals surface area contributed by atoms with E-state index in [4.69, 9.17) is 0 Å². The second kappa shape index (κ2) is 5.97. The smallest absolute Gasteiger partial charge is 0.341 e. The molecule has 1 saturated carbocycles. The van der Waals surface area contributed by atoms with E-state index in [0.29, 0.717) is 32.5 Å². The van der Waals surface area contributed by atoms with E-state index in [0.717, 1.165) is 19.2 Å². The minimum atomic E-state index is -1.55. The minimum Gasteiger partial charge on any atom is -0.477 e. The van der Waals surface area contributed by atoms with Crippen LogP contribution in [0.2, 0.25) is 0 Å². The summed E-state index contributed by atoms with van der Waals surface area (Å²) in [6.07, 6.45) is 3.10. The Morgan fingerprint density at radius 3 is 2.43 bits per heavy atom. The number of benzene rings is 1. The summed E-state index contributed by atoms with van der Waals surface area (Å²) in [6, 6.07) is -0.342. The zero-order valence-corrected chi connectivity index (χ0v) is 14.9. The van der Waals surface area contributed by atoms with E-state index < -0.39 is 45.5 Å². The Labute approximate surface area is 157 Å². The first-order valence-electron chi connectivity index (χ1n) is 9.36. The van der Waals surface area contributed by atoms with Gasteiger partial charge in [0.15, 0.2) is 17.5 Å². The Bertz CT molecular complexity index is 1080. The number of carboxylic acids is 1. The lowest BCUT2D eigenvalue weighted by atomic mass is 10.1. The number of aromatic nitrogens is 1. The van der Waals surface area contributed by atoms with Crippen LogP contribution in [0.4, 0.5) is 18.9 Å². The quantitative estimate of drug-likeness (QED) is 0.811.